The molecule has 3 heterocycles. The quantitative estimate of drug-likeness (QED) is 0.0304. The molecule has 0 saturated heterocycles. The summed E-state index contributed by atoms with van der Waals surface area (Å²) in [5.74, 6) is -7.04. The molecule has 0 aliphatic rings. The van der Waals surface area contributed by atoms with Crippen LogP contribution in [0.25, 0.3) is 32.7 Å². The number of nitrogens with zero attached hydrogens (tertiary/aromatic N) is 3. The number of carboxylic acids is 1. The van der Waals surface area contributed by atoms with E-state index in [1.165, 1.54) is 7.11 Å². The van der Waals surface area contributed by atoms with Crippen LogP contribution in [-0.4, -0.2) is 91.2 Å². The monoisotopic (exact) mass is 1320 g/mol. The fourth-order valence-electron chi connectivity index (χ4n) is 9.26. The average molecular weight is 1330 g/mol. The van der Waals surface area contributed by atoms with Gasteiger partial charge in [0.1, 0.15) is 17.2 Å². The molecule has 3 amide bonds. The van der Waals surface area contributed by atoms with E-state index >= 15 is 0 Å². The molecule has 0 radical (unpaired) electrons. The van der Waals surface area contributed by atoms with Gasteiger partial charge in [0.05, 0.1) is 69.9 Å². The van der Waals surface area contributed by atoms with Gasteiger partial charge in [-0.3, -0.25) is 28.8 Å². The predicted molar refractivity (Wildman–Crippen MR) is 320 cm³/mol. The Bertz CT molecular complexity index is 3980. The number of rotatable bonds is 18. The van der Waals surface area contributed by atoms with Crippen molar-refractivity contribution in [3.8, 4) is 17.2 Å². The number of phenolic OH excluding ortho intramolecular Hbond substituents is 1. The minimum Gasteiger partial charge on any atom is -0.506 e. The number of primary amides is 3. The number of phenols is 1. The van der Waals surface area contributed by atoms with Gasteiger partial charge in [-0.1, -0.05) is 91.0 Å². The molecule has 0 unspecified atom stereocenters. The number of aliphatic carboxylic acids is 1. The number of benzene rings is 6. The van der Waals surface area contributed by atoms with E-state index in [4.69, 9.17) is 31.8 Å². The number of carbonyl (C=O) groups excluding carboxylic acids is 7. The Hall–Kier alpha value is -8.57. The summed E-state index contributed by atoms with van der Waals surface area (Å²) in [5.41, 5.74) is 22.9. The molecular formula is C59H52Br3ClN6O13. The van der Waals surface area contributed by atoms with Crippen LogP contribution in [0.2, 0.25) is 0 Å². The summed E-state index contributed by atoms with van der Waals surface area (Å²) >= 11 is 9.98. The maximum absolute atomic E-state index is 12.7. The van der Waals surface area contributed by atoms with Gasteiger partial charge in [0.25, 0.3) is 35.1 Å². The summed E-state index contributed by atoms with van der Waals surface area (Å²) in [6, 6.07) is 39.6. The number of methoxy groups -OCH3 is 1. The van der Waals surface area contributed by atoms with Gasteiger partial charge in [-0.05, 0) is 122 Å². The van der Waals surface area contributed by atoms with Crippen molar-refractivity contribution in [1.82, 2.24) is 13.7 Å². The lowest BCUT2D eigenvalue weighted by Crippen LogP contribution is -2.24. The van der Waals surface area contributed by atoms with Gasteiger partial charge in [-0.15, -0.1) is 12.4 Å². The van der Waals surface area contributed by atoms with Crippen LogP contribution in [-0.2, 0) is 48.3 Å². The highest BCUT2D eigenvalue weighted by atomic mass is 79.9. The molecular weight excluding hydrogens is 1280 g/mol. The molecule has 0 aliphatic carbocycles. The molecule has 6 aromatic carbocycles. The van der Waals surface area contributed by atoms with Crippen molar-refractivity contribution in [2.75, 3.05) is 20.3 Å². The van der Waals surface area contributed by atoms with Crippen molar-refractivity contribution < 1.29 is 62.8 Å². The van der Waals surface area contributed by atoms with Crippen LogP contribution >= 0.6 is 60.2 Å². The molecule has 23 heteroatoms. The van der Waals surface area contributed by atoms with Crippen LogP contribution in [0.4, 0.5) is 0 Å². The molecule has 0 bridgehead atoms. The summed E-state index contributed by atoms with van der Waals surface area (Å²) < 4.78 is 22.8. The van der Waals surface area contributed by atoms with Gasteiger partial charge in [0.15, 0.2) is 13.2 Å². The second kappa shape index (κ2) is 27.3. The van der Waals surface area contributed by atoms with Crippen LogP contribution < -0.4 is 26.7 Å². The van der Waals surface area contributed by atoms with Gasteiger partial charge in [0.2, 0.25) is 0 Å². The van der Waals surface area contributed by atoms with E-state index in [0.717, 1.165) is 16.7 Å². The van der Waals surface area contributed by atoms with E-state index in [0.29, 0.717) is 82.8 Å². The normalized spacial score (nSPS) is 10.7. The zero-order chi connectivity index (χ0) is 59.0. The van der Waals surface area contributed by atoms with Gasteiger partial charge in [0, 0.05) is 36.7 Å². The third-order valence-corrected chi connectivity index (χ3v) is 14.9. The SMILES string of the molecule is COC(=O)COc1c(Br)ccc2c1c(C(=O)C(N)=O)c(C)n2Cc1ccccc1.Cc1c(C(=O)C(N)=O)c2c(O)c(Br)ccc2n1Cc1ccccc1.Cc1c(C(=O)C(N)=O)c2c(OCC(=O)O)c(Br)ccc2n1Cc1ccccc1.Cl. The van der Waals surface area contributed by atoms with E-state index in [-0.39, 0.29) is 53.0 Å². The van der Waals surface area contributed by atoms with Crippen molar-refractivity contribution in [2.45, 2.75) is 40.4 Å². The smallest absolute Gasteiger partial charge is 0.343 e. The molecule has 424 valence electrons. The number of nitrogens with two attached hydrogens (primary N) is 3. The number of halogens is 4. The highest BCUT2D eigenvalue weighted by Crippen LogP contribution is 2.42. The molecule has 0 atom stereocenters. The van der Waals surface area contributed by atoms with Crippen molar-refractivity contribution in [3.05, 3.63) is 191 Å². The summed E-state index contributed by atoms with van der Waals surface area (Å²) in [4.78, 5) is 94.8. The lowest BCUT2D eigenvalue weighted by molar-refractivity contribution is -0.143. The molecule has 9 aromatic rings. The van der Waals surface area contributed by atoms with E-state index in [2.05, 4.69) is 52.5 Å². The molecule has 0 spiro atoms. The van der Waals surface area contributed by atoms with Gasteiger partial charge >= 0.3 is 11.9 Å². The van der Waals surface area contributed by atoms with Crippen molar-refractivity contribution >= 4 is 140 Å². The highest BCUT2D eigenvalue weighted by Gasteiger charge is 2.30. The maximum Gasteiger partial charge on any atom is 0.343 e. The number of fused-ring (bicyclic) bond motifs is 3. The van der Waals surface area contributed by atoms with E-state index in [9.17, 15) is 43.5 Å². The number of carboxylic acid groups (broad SMARTS) is 1. The number of Topliss-reactive ketones (excluding diaryl/α,β-unsaturated/α-hetero) is 3. The van der Waals surface area contributed by atoms with Crippen LogP contribution in [0.15, 0.2) is 141 Å². The first kappa shape index (κ1) is 62.6. The van der Waals surface area contributed by atoms with Crippen LogP contribution in [0.3, 0.4) is 0 Å². The second-order valence-corrected chi connectivity index (χ2v) is 20.6. The zero-order valence-electron chi connectivity index (χ0n) is 44.2. The van der Waals surface area contributed by atoms with Crippen molar-refractivity contribution in [2.24, 2.45) is 17.2 Å². The summed E-state index contributed by atoms with van der Waals surface area (Å²) in [6.45, 7) is 5.71. The number of hydrogen-bond acceptors (Lipinski definition) is 12. The lowest BCUT2D eigenvalue weighted by atomic mass is 10.1. The molecule has 0 aliphatic heterocycles. The Morgan fingerprint density at radius 3 is 1.09 bits per heavy atom. The average Bonchev–Trinajstić information content (AvgIpc) is 4.15. The highest BCUT2D eigenvalue weighted by molar-refractivity contribution is 9.11. The van der Waals surface area contributed by atoms with E-state index < -0.39 is 53.6 Å². The maximum atomic E-state index is 12.7. The fourth-order valence-corrected chi connectivity index (χ4v) is 10.5. The number of aromatic hydroxyl groups is 1. The molecule has 3 aromatic heterocycles. The Kier molecular flexibility index (Phi) is 20.8. The Morgan fingerprint density at radius 1 is 0.463 bits per heavy atom. The van der Waals surface area contributed by atoms with Gasteiger partial charge in [-0.2, -0.15) is 0 Å². The van der Waals surface area contributed by atoms with Gasteiger partial charge < -0.3 is 55.3 Å². The predicted octanol–water partition coefficient (Wildman–Crippen LogP) is 9.43. The first-order chi connectivity index (χ1) is 38.6. The molecule has 0 fully saturated rings. The number of esters is 1. The van der Waals surface area contributed by atoms with Crippen molar-refractivity contribution in [3.63, 3.8) is 0 Å². The zero-order valence-corrected chi connectivity index (χ0v) is 49.7. The van der Waals surface area contributed by atoms with Crippen molar-refractivity contribution in [1.29, 1.82) is 0 Å². The first-order valence-electron chi connectivity index (χ1n) is 24.4. The van der Waals surface area contributed by atoms with E-state index in [1.54, 1.807) is 51.1 Å². The molecule has 8 N–H and O–H groups in total. The molecule has 82 heavy (non-hydrogen) atoms. The lowest BCUT2D eigenvalue weighted by Gasteiger charge is -2.11. The Balaban J connectivity index is 0.000000197. The third-order valence-electron chi connectivity index (χ3n) is 13.0. The number of carbonyl (C=O) groups is 8. The van der Waals surface area contributed by atoms with E-state index in [1.807, 2.05) is 111 Å². The van der Waals surface area contributed by atoms with Gasteiger partial charge in [-0.25, -0.2) is 9.59 Å². The Labute approximate surface area is 499 Å². The van der Waals surface area contributed by atoms with Crippen LogP contribution in [0.5, 0.6) is 17.2 Å². The van der Waals surface area contributed by atoms with Crippen LogP contribution in [0.1, 0.15) is 64.8 Å². The summed E-state index contributed by atoms with van der Waals surface area (Å²) in [7, 11) is 1.25. The fraction of sp³-hybridized carbons (Fsp3) is 0.153. The number of amides is 3. The number of ether oxygens (including phenoxy) is 3. The standard InChI is InChI=1S/C21H19BrN2O5.C20H17BrN2O5.C18H15BrN2O3.ClH/c1-12-17(19(26)21(23)27)18-15(24(12)10-13-6-4-3-5-7-13)9-8-14(22)20(18)29-11-16(25)28-2;1-11-16(18(26)20(22)27)17-14(23(11)9-12-5-3-2-4-6-12)8-7-13(21)19(17)28-10-15(24)25;1-10-14(17(23)18(20)24)15-13(8-7-12(19)16(15)22)21(10)9-11-5-3-2-4-6-11;/h3-9H,10-11H2,1-2H3,(H2,23,27);2-8H,9-10H2,1H3,(H2,22,27)(H,24,25);2-8,22H,9H2,1H3,(H2,20,24);1H. The summed E-state index contributed by atoms with van der Waals surface area (Å²) in [6.07, 6.45) is 0. The summed E-state index contributed by atoms with van der Waals surface area (Å²) in [5, 5.41) is 20.5. The number of hydrogen-bond donors (Lipinski definition) is 5. The number of aromatic nitrogens is 3. The van der Waals surface area contributed by atoms with Crippen LogP contribution in [0, 0.1) is 20.8 Å². The molecule has 9 rings (SSSR count). The Morgan fingerprint density at radius 2 is 0.768 bits per heavy atom. The minimum atomic E-state index is -1.16. The third kappa shape index (κ3) is 13.4. The number of ketones is 3. The molecule has 0 saturated carbocycles. The second-order valence-electron chi connectivity index (χ2n) is 18.1. The largest absolute Gasteiger partial charge is 0.506 e. The topological polar surface area (TPSA) is 298 Å². The molecule has 19 nitrogen and oxygen atoms in total. The minimum absolute atomic E-state index is 0. The first-order valence-corrected chi connectivity index (χ1v) is 26.8.